The van der Waals surface area contributed by atoms with Gasteiger partial charge in [-0.05, 0) is 50.2 Å². The van der Waals surface area contributed by atoms with Gasteiger partial charge in [0, 0.05) is 17.3 Å². The maximum atomic E-state index is 11.7. The zero-order valence-corrected chi connectivity index (χ0v) is 10.9. The molecule has 19 heavy (non-hydrogen) atoms. The van der Waals surface area contributed by atoms with Gasteiger partial charge in [0.2, 0.25) is 0 Å². The lowest BCUT2D eigenvalue weighted by Crippen LogP contribution is -2.26. The third-order valence-corrected chi connectivity index (χ3v) is 4.33. The number of carbonyl (C=O) groups is 1. The van der Waals surface area contributed by atoms with E-state index in [4.69, 9.17) is 0 Å². The summed E-state index contributed by atoms with van der Waals surface area (Å²) in [5.74, 6) is 0.893. The minimum Gasteiger partial charge on any atom is -0.307 e. The monoisotopic (exact) mass is 257 g/mol. The molecule has 2 aliphatic carbocycles. The lowest BCUT2D eigenvalue weighted by Gasteiger charge is -2.20. The summed E-state index contributed by atoms with van der Waals surface area (Å²) in [4.78, 5) is 11.7. The van der Waals surface area contributed by atoms with Gasteiger partial charge in [0.15, 0.2) is 0 Å². The summed E-state index contributed by atoms with van der Waals surface area (Å²) < 4.78 is 0. The van der Waals surface area contributed by atoms with Crippen molar-refractivity contribution in [3.05, 3.63) is 30.3 Å². The van der Waals surface area contributed by atoms with E-state index < -0.39 is 0 Å². The van der Waals surface area contributed by atoms with Gasteiger partial charge in [-0.25, -0.2) is 10.2 Å². The molecule has 0 radical (unpaired) electrons. The number of fused-ring (bicyclic) bond motifs is 2. The van der Waals surface area contributed by atoms with Gasteiger partial charge in [-0.2, -0.15) is 5.10 Å². The van der Waals surface area contributed by atoms with E-state index in [9.17, 15) is 4.79 Å². The quantitative estimate of drug-likeness (QED) is 0.633. The van der Waals surface area contributed by atoms with Crippen molar-refractivity contribution in [3.8, 4) is 0 Å². The summed E-state index contributed by atoms with van der Waals surface area (Å²) in [6.07, 6.45) is 8.31. The number of nitrogens with zero attached hydrogens (tertiary/aromatic N) is 1. The standard InChI is InChI=1S/C15H19N3O/c19-14(17-13-4-2-1-3-5-13)18-16-11-15-8-6-12(10-15)7-9-15/h1-5,11-12H,6-10H2,(H2,17,18,19). The third-order valence-electron chi connectivity index (χ3n) is 4.33. The highest BCUT2D eigenvalue weighted by Crippen LogP contribution is 2.52. The first-order valence-electron chi connectivity index (χ1n) is 6.92. The summed E-state index contributed by atoms with van der Waals surface area (Å²) in [5.41, 5.74) is 3.60. The average Bonchev–Trinajstić information content (AvgIpc) is 3.00. The lowest BCUT2D eigenvalue weighted by atomic mass is 9.86. The molecule has 2 fully saturated rings. The second-order valence-electron chi connectivity index (χ2n) is 5.70. The third kappa shape index (κ3) is 2.78. The van der Waals surface area contributed by atoms with Crippen LogP contribution < -0.4 is 10.7 Å². The van der Waals surface area contributed by atoms with Crippen molar-refractivity contribution in [2.75, 3.05) is 5.32 Å². The summed E-state index contributed by atoms with van der Waals surface area (Å²) in [5, 5.41) is 6.88. The van der Waals surface area contributed by atoms with Gasteiger partial charge in [-0.3, -0.25) is 0 Å². The van der Waals surface area contributed by atoms with Crippen LogP contribution in [0.1, 0.15) is 32.1 Å². The van der Waals surface area contributed by atoms with Crippen LogP contribution in [0.2, 0.25) is 0 Å². The Kier molecular flexibility index (Phi) is 3.23. The van der Waals surface area contributed by atoms with E-state index >= 15 is 0 Å². The molecule has 1 aromatic rings. The zero-order valence-electron chi connectivity index (χ0n) is 10.9. The first-order valence-corrected chi connectivity index (χ1v) is 6.92. The van der Waals surface area contributed by atoms with Crippen LogP contribution in [0.15, 0.2) is 35.4 Å². The minimum atomic E-state index is -0.286. The molecule has 2 amide bonds. The Balaban J connectivity index is 1.51. The Labute approximate surface area is 113 Å². The van der Waals surface area contributed by atoms with E-state index in [1.54, 1.807) is 0 Å². The van der Waals surface area contributed by atoms with Gasteiger partial charge in [0.25, 0.3) is 0 Å². The van der Waals surface area contributed by atoms with Gasteiger partial charge < -0.3 is 5.32 Å². The molecule has 3 rings (SSSR count). The number of benzene rings is 1. The molecule has 2 saturated carbocycles. The number of rotatable bonds is 3. The van der Waals surface area contributed by atoms with E-state index in [1.807, 2.05) is 36.5 Å². The Morgan fingerprint density at radius 2 is 2.00 bits per heavy atom. The number of amides is 2. The van der Waals surface area contributed by atoms with Crippen LogP contribution in [0, 0.1) is 11.3 Å². The summed E-state index contributed by atoms with van der Waals surface area (Å²) in [7, 11) is 0. The van der Waals surface area contributed by atoms with Crippen molar-refractivity contribution in [2.24, 2.45) is 16.4 Å². The van der Waals surface area contributed by atoms with Crippen molar-refractivity contribution in [1.29, 1.82) is 0 Å². The van der Waals surface area contributed by atoms with E-state index in [2.05, 4.69) is 15.8 Å². The van der Waals surface area contributed by atoms with Crippen LogP contribution in [0.4, 0.5) is 10.5 Å². The summed E-state index contributed by atoms with van der Waals surface area (Å²) in [6, 6.07) is 9.09. The molecule has 0 heterocycles. The second kappa shape index (κ2) is 5.03. The summed E-state index contributed by atoms with van der Waals surface area (Å²) in [6.45, 7) is 0. The van der Waals surface area contributed by atoms with Crippen LogP contribution in [0.5, 0.6) is 0 Å². The van der Waals surface area contributed by atoms with Crippen molar-refractivity contribution < 1.29 is 4.79 Å². The minimum absolute atomic E-state index is 0.269. The first kappa shape index (κ1) is 12.2. The van der Waals surface area contributed by atoms with Crippen LogP contribution in [0.25, 0.3) is 0 Å². The van der Waals surface area contributed by atoms with Gasteiger partial charge >= 0.3 is 6.03 Å². The Hall–Kier alpha value is -1.84. The van der Waals surface area contributed by atoms with E-state index in [0.29, 0.717) is 0 Å². The molecular weight excluding hydrogens is 238 g/mol. The van der Waals surface area contributed by atoms with Crippen LogP contribution in [-0.2, 0) is 0 Å². The predicted molar refractivity (Wildman–Crippen MR) is 76.1 cm³/mol. The SMILES string of the molecule is O=C(NN=CC12CCC(CC1)C2)Nc1ccccc1. The van der Waals surface area contributed by atoms with Crippen LogP contribution in [0.3, 0.4) is 0 Å². The molecular formula is C15H19N3O. The van der Waals surface area contributed by atoms with E-state index in [-0.39, 0.29) is 11.4 Å². The second-order valence-corrected chi connectivity index (χ2v) is 5.70. The Morgan fingerprint density at radius 1 is 1.26 bits per heavy atom. The average molecular weight is 257 g/mol. The van der Waals surface area contributed by atoms with E-state index in [0.717, 1.165) is 11.6 Å². The first-order chi connectivity index (χ1) is 9.26. The molecule has 0 spiro atoms. The molecule has 4 heteroatoms. The van der Waals surface area contributed by atoms with Crippen molar-refractivity contribution in [2.45, 2.75) is 32.1 Å². The molecule has 2 bridgehead atoms. The number of para-hydroxylation sites is 1. The number of hydrazone groups is 1. The number of nitrogens with one attached hydrogen (secondary N) is 2. The Bertz CT molecular complexity index is 475. The molecule has 0 unspecified atom stereocenters. The number of anilines is 1. The fourth-order valence-corrected chi connectivity index (χ4v) is 3.33. The largest absolute Gasteiger partial charge is 0.339 e. The maximum Gasteiger partial charge on any atom is 0.339 e. The number of urea groups is 1. The molecule has 0 saturated heterocycles. The molecule has 0 aliphatic heterocycles. The van der Waals surface area contributed by atoms with Gasteiger partial charge in [-0.15, -0.1) is 0 Å². The highest BCUT2D eigenvalue weighted by atomic mass is 16.2. The molecule has 1 aromatic carbocycles. The number of hydrogen-bond donors (Lipinski definition) is 2. The smallest absolute Gasteiger partial charge is 0.307 e. The van der Waals surface area contributed by atoms with Crippen molar-refractivity contribution in [3.63, 3.8) is 0 Å². The van der Waals surface area contributed by atoms with Gasteiger partial charge in [0.05, 0.1) is 0 Å². The molecule has 0 aromatic heterocycles. The molecule has 4 nitrogen and oxygen atoms in total. The zero-order chi connectivity index (χ0) is 13.1. The highest BCUT2D eigenvalue weighted by molar-refractivity contribution is 5.89. The molecule has 0 atom stereocenters. The normalized spacial score (nSPS) is 28.7. The molecule has 100 valence electrons. The predicted octanol–water partition coefficient (Wildman–Crippen LogP) is 3.37. The fraction of sp³-hybridized carbons (Fsp3) is 0.467. The topological polar surface area (TPSA) is 53.5 Å². The van der Waals surface area contributed by atoms with Gasteiger partial charge in [-0.1, -0.05) is 18.2 Å². The number of carbonyl (C=O) groups excluding carboxylic acids is 1. The number of hydrogen-bond acceptors (Lipinski definition) is 2. The molecule has 2 N–H and O–H groups in total. The van der Waals surface area contributed by atoms with Crippen molar-refractivity contribution >= 4 is 17.9 Å². The van der Waals surface area contributed by atoms with Crippen LogP contribution in [-0.4, -0.2) is 12.2 Å². The van der Waals surface area contributed by atoms with E-state index in [1.165, 1.54) is 32.1 Å². The van der Waals surface area contributed by atoms with Crippen molar-refractivity contribution in [1.82, 2.24) is 5.43 Å². The Morgan fingerprint density at radius 3 is 2.63 bits per heavy atom. The van der Waals surface area contributed by atoms with Gasteiger partial charge in [0.1, 0.15) is 0 Å². The lowest BCUT2D eigenvalue weighted by molar-refractivity contribution is 0.252. The maximum absolute atomic E-state index is 11.7. The highest BCUT2D eigenvalue weighted by Gasteiger charge is 2.43. The van der Waals surface area contributed by atoms with Crippen LogP contribution >= 0.6 is 0 Å². The fourth-order valence-electron chi connectivity index (χ4n) is 3.33. The molecule has 2 aliphatic rings. The summed E-state index contributed by atoms with van der Waals surface area (Å²) >= 11 is 0.